The minimum absolute atomic E-state index is 0.215. The van der Waals surface area contributed by atoms with E-state index in [0.717, 1.165) is 11.1 Å². The maximum Gasteiger partial charge on any atom is 0.175 e. The second-order valence-electron chi connectivity index (χ2n) is 3.71. The van der Waals surface area contributed by atoms with Gasteiger partial charge in [0.25, 0.3) is 0 Å². The Morgan fingerprint density at radius 3 is 2.80 bits per heavy atom. The Labute approximate surface area is 94.0 Å². The van der Waals surface area contributed by atoms with Crippen molar-refractivity contribution in [1.29, 1.82) is 0 Å². The maximum atomic E-state index is 11.8. The van der Waals surface area contributed by atoms with E-state index < -0.39 is 0 Å². The summed E-state index contributed by atoms with van der Waals surface area (Å²) in [6.45, 7) is 0. The standard InChI is InChI=1S/C12H13NOS/c1-13(2)7-10-9-5-3-4-6-12(9)15-8-11(10)14/h3-7H,8H2,1-2H3/b10-7-. The molecule has 0 amide bonds. The van der Waals surface area contributed by atoms with E-state index >= 15 is 0 Å². The molecule has 1 aromatic carbocycles. The molecule has 3 heteroatoms. The van der Waals surface area contributed by atoms with E-state index in [0.29, 0.717) is 5.75 Å². The molecule has 0 saturated carbocycles. The smallest absolute Gasteiger partial charge is 0.175 e. The van der Waals surface area contributed by atoms with E-state index in [4.69, 9.17) is 0 Å². The number of hydrogen-bond acceptors (Lipinski definition) is 3. The van der Waals surface area contributed by atoms with Crippen molar-refractivity contribution in [2.24, 2.45) is 0 Å². The summed E-state index contributed by atoms with van der Waals surface area (Å²) >= 11 is 1.62. The lowest BCUT2D eigenvalue weighted by Crippen LogP contribution is -2.14. The predicted octanol–water partition coefficient (Wildman–Crippen LogP) is 2.26. The Hall–Kier alpha value is -1.22. The number of Topliss-reactive ketones (excluding diaryl/α,β-unsaturated/α-hetero) is 1. The zero-order valence-electron chi connectivity index (χ0n) is 8.86. The quantitative estimate of drug-likeness (QED) is 0.676. The number of fused-ring (bicyclic) bond motifs is 1. The van der Waals surface area contributed by atoms with Gasteiger partial charge in [-0.2, -0.15) is 0 Å². The highest BCUT2D eigenvalue weighted by Crippen LogP contribution is 2.34. The average molecular weight is 219 g/mol. The van der Waals surface area contributed by atoms with Crippen molar-refractivity contribution in [2.75, 3.05) is 19.8 Å². The molecule has 0 N–H and O–H groups in total. The fourth-order valence-electron chi connectivity index (χ4n) is 1.59. The topological polar surface area (TPSA) is 20.3 Å². The molecular weight excluding hydrogens is 206 g/mol. The first-order chi connectivity index (χ1) is 7.18. The Balaban J connectivity index is 2.51. The van der Waals surface area contributed by atoms with Crippen molar-refractivity contribution in [3.63, 3.8) is 0 Å². The predicted molar refractivity (Wildman–Crippen MR) is 63.8 cm³/mol. The van der Waals surface area contributed by atoms with Crippen LogP contribution < -0.4 is 0 Å². The number of ketones is 1. The summed E-state index contributed by atoms with van der Waals surface area (Å²) in [6, 6.07) is 8.06. The number of carbonyl (C=O) groups is 1. The molecule has 0 aliphatic carbocycles. The summed E-state index contributed by atoms with van der Waals surface area (Å²) in [7, 11) is 3.87. The van der Waals surface area contributed by atoms with Crippen LogP contribution in [0.15, 0.2) is 35.4 Å². The van der Waals surface area contributed by atoms with Gasteiger partial charge >= 0.3 is 0 Å². The van der Waals surface area contributed by atoms with Crippen molar-refractivity contribution in [1.82, 2.24) is 4.90 Å². The van der Waals surface area contributed by atoms with E-state index in [1.165, 1.54) is 4.90 Å². The Morgan fingerprint density at radius 1 is 1.33 bits per heavy atom. The third-order valence-corrected chi connectivity index (χ3v) is 3.30. The first-order valence-corrected chi connectivity index (χ1v) is 5.80. The molecule has 1 aromatic rings. The molecular formula is C12H13NOS. The summed E-state index contributed by atoms with van der Waals surface area (Å²) in [5, 5.41) is 0. The molecule has 0 aromatic heterocycles. The van der Waals surface area contributed by atoms with E-state index in [2.05, 4.69) is 6.07 Å². The lowest BCUT2D eigenvalue weighted by molar-refractivity contribution is -0.111. The number of nitrogens with zero attached hydrogens (tertiary/aromatic N) is 1. The zero-order valence-corrected chi connectivity index (χ0v) is 9.67. The van der Waals surface area contributed by atoms with Crippen LogP contribution in [-0.4, -0.2) is 30.5 Å². The number of hydrogen-bond donors (Lipinski definition) is 0. The minimum Gasteiger partial charge on any atom is -0.383 e. The van der Waals surface area contributed by atoms with Crippen LogP contribution >= 0.6 is 11.8 Å². The van der Waals surface area contributed by atoms with E-state index in [1.54, 1.807) is 11.8 Å². The monoisotopic (exact) mass is 219 g/mol. The van der Waals surface area contributed by atoms with Gasteiger partial charge in [0, 0.05) is 36.3 Å². The third kappa shape index (κ3) is 2.07. The fourth-order valence-corrected chi connectivity index (χ4v) is 2.54. The second-order valence-corrected chi connectivity index (χ2v) is 4.73. The summed E-state index contributed by atoms with van der Waals surface area (Å²) in [4.78, 5) is 14.9. The lowest BCUT2D eigenvalue weighted by atomic mass is 10.0. The van der Waals surface area contributed by atoms with Gasteiger partial charge in [0.1, 0.15) is 0 Å². The largest absolute Gasteiger partial charge is 0.383 e. The molecule has 1 heterocycles. The van der Waals surface area contributed by atoms with Crippen LogP contribution in [-0.2, 0) is 4.79 Å². The third-order valence-electron chi connectivity index (χ3n) is 2.22. The van der Waals surface area contributed by atoms with Crippen molar-refractivity contribution in [3.05, 3.63) is 36.0 Å². The van der Waals surface area contributed by atoms with E-state index in [-0.39, 0.29) is 5.78 Å². The van der Waals surface area contributed by atoms with Crippen LogP contribution in [0.1, 0.15) is 5.56 Å². The summed E-state index contributed by atoms with van der Waals surface area (Å²) in [5.74, 6) is 0.767. The molecule has 0 radical (unpaired) electrons. The van der Waals surface area contributed by atoms with Crippen molar-refractivity contribution in [3.8, 4) is 0 Å². The SMILES string of the molecule is CN(C)/C=C1\C(=O)CSc2ccccc21. The minimum atomic E-state index is 0.215. The van der Waals surface area contributed by atoms with Gasteiger partial charge in [0.2, 0.25) is 0 Å². The summed E-state index contributed by atoms with van der Waals surface area (Å²) in [6.07, 6.45) is 1.90. The summed E-state index contributed by atoms with van der Waals surface area (Å²) < 4.78 is 0. The molecule has 0 saturated heterocycles. The fraction of sp³-hybridized carbons (Fsp3) is 0.250. The molecule has 2 rings (SSSR count). The highest BCUT2D eigenvalue weighted by Gasteiger charge is 2.21. The normalized spacial score (nSPS) is 17.7. The molecule has 0 spiro atoms. The second kappa shape index (κ2) is 4.11. The van der Waals surface area contributed by atoms with Gasteiger partial charge in [0.15, 0.2) is 5.78 Å². The average Bonchev–Trinajstić information content (AvgIpc) is 2.22. The molecule has 15 heavy (non-hydrogen) atoms. The van der Waals surface area contributed by atoms with Gasteiger partial charge in [-0.1, -0.05) is 18.2 Å². The molecule has 78 valence electrons. The maximum absolute atomic E-state index is 11.8. The van der Waals surface area contributed by atoms with Gasteiger partial charge in [-0.3, -0.25) is 4.79 Å². The van der Waals surface area contributed by atoms with Crippen LogP contribution in [0.2, 0.25) is 0 Å². The van der Waals surface area contributed by atoms with Crippen molar-refractivity contribution in [2.45, 2.75) is 4.90 Å². The van der Waals surface area contributed by atoms with Crippen molar-refractivity contribution < 1.29 is 4.79 Å². The number of rotatable bonds is 1. The van der Waals surface area contributed by atoms with Gasteiger partial charge in [-0.05, 0) is 6.07 Å². The van der Waals surface area contributed by atoms with Gasteiger partial charge in [-0.15, -0.1) is 11.8 Å². The van der Waals surface area contributed by atoms with Gasteiger partial charge in [0.05, 0.1) is 5.75 Å². The van der Waals surface area contributed by atoms with Gasteiger partial charge in [-0.25, -0.2) is 0 Å². The van der Waals surface area contributed by atoms with Gasteiger partial charge < -0.3 is 4.90 Å². The van der Waals surface area contributed by atoms with E-state index in [1.807, 2.05) is 43.4 Å². The molecule has 0 unspecified atom stereocenters. The van der Waals surface area contributed by atoms with Crippen LogP contribution in [0.4, 0.5) is 0 Å². The molecule has 2 nitrogen and oxygen atoms in total. The number of thioether (sulfide) groups is 1. The molecule has 1 aliphatic heterocycles. The number of carbonyl (C=O) groups excluding carboxylic acids is 1. The highest BCUT2D eigenvalue weighted by atomic mass is 32.2. The number of benzene rings is 1. The first-order valence-electron chi connectivity index (χ1n) is 4.82. The van der Waals surface area contributed by atoms with Crippen LogP contribution in [0.5, 0.6) is 0 Å². The lowest BCUT2D eigenvalue weighted by Gasteiger charge is -2.18. The van der Waals surface area contributed by atoms with Crippen LogP contribution in [0.25, 0.3) is 5.57 Å². The molecule has 0 fully saturated rings. The first kappa shape index (κ1) is 10.3. The zero-order chi connectivity index (χ0) is 10.8. The molecule has 0 atom stereocenters. The Kier molecular flexibility index (Phi) is 2.82. The van der Waals surface area contributed by atoms with Crippen LogP contribution in [0, 0.1) is 0 Å². The Bertz CT molecular complexity index is 423. The highest BCUT2D eigenvalue weighted by molar-refractivity contribution is 8.00. The molecule has 1 aliphatic rings. The van der Waals surface area contributed by atoms with E-state index in [9.17, 15) is 4.79 Å². The molecule has 0 bridgehead atoms. The van der Waals surface area contributed by atoms with Crippen molar-refractivity contribution >= 4 is 23.1 Å². The number of allylic oxidation sites excluding steroid dienone is 1. The van der Waals surface area contributed by atoms with Crippen LogP contribution in [0.3, 0.4) is 0 Å². The Morgan fingerprint density at radius 2 is 2.07 bits per heavy atom. The summed E-state index contributed by atoms with van der Waals surface area (Å²) in [5.41, 5.74) is 1.89.